The van der Waals surface area contributed by atoms with Crippen molar-refractivity contribution in [3.8, 4) is 0 Å². The molecule has 0 saturated carbocycles. The Hall–Kier alpha value is -2.94. The summed E-state index contributed by atoms with van der Waals surface area (Å²) in [5.74, 6) is -1.52. The van der Waals surface area contributed by atoms with E-state index in [9.17, 15) is 22.4 Å². The summed E-state index contributed by atoms with van der Waals surface area (Å²) >= 11 is 0. The lowest BCUT2D eigenvalue weighted by Gasteiger charge is -2.32. The van der Waals surface area contributed by atoms with Crippen molar-refractivity contribution < 1.29 is 22.4 Å². The molecule has 0 aliphatic carbocycles. The molecule has 0 unspecified atom stereocenters. The molecule has 0 radical (unpaired) electrons. The van der Waals surface area contributed by atoms with Gasteiger partial charge in [0.1, 0.15) is 18.4 Å². The average Bonchev–Trinajstić information content (AvgIpc) is 2.80. The molecule has 2 atom stereocenters. The van der Waals surface area contributed by atoms with Crippen LogP contribution in [-0.4, -0.2) is 50.0 Å². The van der Waals surface area contributed by atoms with Crippen LogP contribution in [0, 0.1) is 5.82 Å². The number of rotatable bonds is 10. The zero-order valence-corrected chi connectivity index (χ0v) is 23.0. The molecule has 1 N–H and O–H groups in total. The van der Waals surface area contributed by atoms with Crippen LogP contribution in [0.4, 0.5) is 10.1 Å². The molecule has 2 rings (SSSR count). The summed E-state index contributed by atoms with van der Waals surface area (Å²) in [7, 11) is -3.83. The third-order valence-corrected chi connectivity index (χ3v) is 7.31. The van der Waals surface area contributed by atoms with Crippen LogP contribution in [0.3, 0.4) is 0 Å². The van der Waals surface area contributed by atoms with Gasteiger partial charge in [0.25, 0.3) is 0 Å². The molecular weight excluding hydrogens is 481 g/mol. The molecule has 0 heterocycles. The van der Waals surface area contributed by atoms with Crippen LogP contribution in [0.15, 0.2) is 48.5 Å². The average molecular weight is 520 g/mol. The molecule has 7 nitrogen and oxygen atoms in total. The molecule has 36 heavy (non-hydrogen) atoms. The van der Waals surface area contributed by atoms with Gasteiger partial charge in [-0.1, -0.05) is 58.0 Å². The molecule has 0 fully saturated rings. The third kappa shape index (κ3) is 7.78. The highest BCUT2D eigenvalue weighted by molar-refractivity contribution is 7.92. The normalized spacial score (nSPS) is 13.6. The summed E-state index contributed by atoms with van der Waals surface area (Å²) in [4.78, 5) is 27.6. The summed E-state index contributed by atoms with van der Waals surface area (Å²) in [5.41, 5.74) is 1.46. The Morgan fingerprint density at radius 3 is 2.11 bits per heavy atom. The standard InChI is InChI=1S/C27H38FN3O4S/c1-8-19(2)29-26(33)20(3)30(17-21-11-9-10-12-24(21)28)25(32)18-31(36(7,34)35)23-15-13-22(14-16-23)27(4,5)6/h9-16,19-20H,8,17-18H2,1-7H3,(H,29,33)/t19-,20+/m0/s1. The SMILES string of the molecule is CC[C@H](C)NC(=O)[C@@H](C)N(Cc1ccccc1F)C(=O)CN(c1ccc(C(C)(C)C)cc1)S(C)(=O)=O. The number of halogens is 1. The highest BCUT2D eigenvalue weighted by atomic mass is 32.2. The van der Waals surface area contributed by atoms with Crippen LogP contribution >= 0.6 is 0 Å². The number of amides is 2. The van der Waals surface area contributed by atoms with Gasteiger partial charge >= 0.3 is 0 Å². The van der Waals surface area contributed by atoms with Crippen molar-refractivity contribution in [1.29, 1.82) is 0 Å². The Kier molecular flexibility index (Phi) is 9.65. The molecular formula is C27H38FN3O4S. The van der Waals surface area contributed by atoms with Crippen molar-refractivity contribution in [2.75, 3.05) is 17.1 Å². The highest BCUT2D eigenvalue weighted by Crippen LogP contribution is 2.26. The van der Waals surface area contributed by atoms with Crippen LogP contribution in [0.25, 0.3) is 0 Å². The molecule has 9 heteroatoms. The largest absolute Gasteiger partial charge is 0.352 e. The van der Waals surface area contributed by atoms with E-state index in [4.69, 9.17) is 0 Å². The first-order valence-electron chi connectivity index (χ1n) is 12.1. The van der Waals surface area contributed by atoms with E-state index in [2.05, 4.69) is 5.32 Å². The van der Waals surface area contributed by atoms with Gasteiger partial charge < -0.3 is 10.2 Å². The fourth-order valence-corrected chi connectivity index (χ4v) is 4.45. The van der Waals surface area contributed by atoms with E-state index < -0.39 is 40.2 Å². The predicted octanol–water partition coefficient (Wildman–Crippen LogP) is 4.22. The predicted molar refractivity (Wildman–Crippen MR) is 142 cm³/mol. The topological polar surface area (TPSA) is 86.8 Å². The van der Waals surface area contributed by atoms with Crippen molar-refractivity contribution in [3.63, 3.8) is 0 Å². The second-order valence-electron chi connectivity index (χ2n) is 10.2. The zero-order chi connectivity index (χ0) is 27.3. The van der Waals surface area contributed by atoms with Crippen LogP contribution in [-0.2, 0) is 31.6 Å². The summed E-state index contributed by atoms with van der Waals surface area (Å²) in [6.07, 6.45) is 1.73. The molecule has 0 aromatic heterocycles. The van der Waals surface area contributed by atoms with Crippen LogP contribution in [0.2, 0.25) is 0 Å². The Bertz CT molecular complexity index is 1160. The molecule has 0 aliphatic rings. The third-order valence-electron chi connectivity index (χ3n) is 6.17. The Labute approximate surface area is 214 Å². The van der Waals surface area contributed by atoms with Gasteiger partial charge in [-0.25, -0.2) is 12.8 Å². The highest BCUT2D eigenvalue weighted by Gasteiger charge is 2.31. The maximum absolute atomic E-state index is 14.4. The van der Waals surface area contributed by atoms with Crippen LogP contribution in [0.5, 0.6) is 0 Å². The van der Waals surface area contributed by atoms with Gasteiger partial charge in [-0.3, -0.25) is 13.9 Å². The first kappa shape index (κ1) is 29.3. The van der Waals surface area contributed by atoms with Gasteiger partial charge in [-0.2, -0.15) is 0 Å². The van der Waals surface area contributed by atoms with Crippen molar-refractivity contribution in [1.82, 2.24) is 10.2 Å². The van der Waals surface area contributed by atoms with Gasteiger partial charge in [0.05, 0.1) is 11.9 Å². The number of hydrogen-bond acceptors (Lipinski definition) is 4. The number of hydrogen-bond donors (Lipinski definition) is 1. The van der Waals surface area contributed by atoms with Gasteiger partial charge in [0.15, 0.2) is 0 Å². The Morgan fingerprint density at radius 2 is 1.61 bits per heavy atom. The second-order valence-corrected chi connectivity index (χ2v) is 12.1. The minimum absolute atomic E-state index is 0.112. The summed E-state index contributed by atoms with van der Waals surface area (Å²) in [6, 6.07) is 11.9. The first-order valence-corrected chi connectivity index (χ1v) is 13.9. The molecule has 2 amide bonds. The monoisotopic (exact) mass is 519 g/mol. The van der Waals surface area contributed by atoms with Crippen LogP contribution in [0.1, 0.15) is 59.1 Å². The number of carbonyl (C=O) groups excluding carboxylic acids is 2. The number of carbonyl (C=O) groups is 2. The van der Waals surface area contributed by atoms with E-state index in [1.165, 1.54) is 23.1 Å². The van der Waals surface area contributed by atoms with Crippen LogP contribution < -0.4 is 9.62 Å². The van der Waals surface area contributed by atoms with E-state index in [0.29, 0.717) is 12.1 Å². The van der Waals surface area contributed by atoms with Crippen molar-refractivity contribution in [3.05, 3.63) is 65.5 Å². The lowest BCUT2D eigenvalue weighted by molar-refractivity contribution is -0.139. The summed E-state index contributed by atoms with van der Waals surface area (Å²) in [6.45, 7) is 10.8. The number of nitrogens with one attached hydrogen (secondary N) is 1. The summed E-state index contributed by atoms with van der Waals surface area (Å²) < 4.78 is 40.8. The molecule has 0 aliphatic heterocycles. The minimum atomic E-state index is -3.83. The smallest absolute Gasteiger partial charge is 0.244 e. The Balaban J connectivity index is 2.41. The molecule has 198 valence electrons. The summed E-state index contributed by atoms with van der Waals surface area (Å²) in [5, 5.41) is 2.84. The lowest BCUT2D eigenvalue weighted by Crippen LogP contribution is -2.52. The second kappa shape index (κ2) is 11.9. The zero-order valence-electron chi connectivity index (χ0n) is 22.2. The maximum atomic E-state index is 14.4. The van der Waals surface area contributed by atoms with Crippen molar-refractivity contribution in [2.24, 2.45) is 0 Å². The molecule has 2 aromatic carbocycles. The molecule has 2 aromatic rings. The van der Waals surface area contributed by atoms with E-state index >= 15 is 0 Å². The lowest BCUT2D eigenvalue weighted by atomic mass is 9.87. The quantitative estimate of drug-likeness (QED) is 0.509. The van der Waals surface area contributed by atoms with E-state index in [1.54, 1.807) is 25.1 Å². The van der Waals surface area contributed by atoms with Gasteiger partial charge in [-0.05, 0) is 49.4 Å². The number of anilines is 1. The molecule has 0 saturated heterocycles. The van der Waals surface area contributed by atoms with E-state index in [0.717, 1.165) is 16.1 Å². The number of sulfonamides is 1. The van der Waals surface area contributed by atoms with Crippen molar-refractivity contribution in [2.45, 2.75) is 72.0 Å². The fraction of sp³-hybridized carbons (Fsp3) is 0.481. The maximum Gasteiger partial charge on any atom is 0.244 e. The number of nitrogens with zero attached hydrogens (tertiary/aromatic N) is 2. The Morgan fingerprint density at radius 1 is 1.03 bits per heavy atom. The van der Waals surface area contributed by atoms with Gasteiger partial charge in [0, 0.05) is 18.2 Å². The first-order chi connectivity index (χ1) is 16.6. The van der Waals surface area contributed by atoms with Gasteiger partial charge in [-0.15, -0.1) is 0 Å². The van der Waals surface area contributed by atoms with Crippen molar-refractivity contribution >= 4 is 27.5 Å². The molecule has 0 spiro atoms. The number of benzene rings is 2. The van der Waals surface area contributed by atoms with E-state index in [1.807, 2.05) is 46.8 Å². The van der Waals surface area contributed by atoms with E-state index in [-0.39, 0.29) is 23.6 Å². The molecule has 0 bridgehead atoms. The van der Waals surface area contributed by atoms with Gasteiger partial charge in [0.2, 0.25) is 21.8 Å². The fourth-order valence-electron chi connectivity index (χ4n) is 3.60. The minimum Gasteiger partial charge on any atom is -0.352 e.